The Balaban J connectivity index is 1.58. The van der Waals surface area contributed by atoms with E-state index in [0.29, 0.717) is 40.1 Å². The quantitative estimate of drug-likeness (QED) is 0.497. The molecule has 5 nitrogen and oxygen atoms in total. The Morgan fingerprint density at radius 3 is 2.89 bits per heavy atom. The third-order valence-corrected chi connectivity index (χ3v) is 4.82. The topological polar surface area (TPSA) is 64.4 Å². The molecular weight excluding hydrogens is 360 g/mol. The number of fused-ring (bicyclic) bond motifs is 1. The van der Waals surface area contributed by atoms with Crippen LogP contribution in [0.3, 0.4) is 0 Å². The summed E-state index contributed by atoms with van der Waals surface area (Å²) >= 11 is 1.36. The Hall–Kier alpha value is -3.12. The molecule has 0 atom stereocenters. The maximum absolute atomic E-state index is 12.4. The van der Waals surface area contributed by atoms with E-state index in [1.54, 1.807) is 6.07 Å². The summed E-state index contributed by atoms with van der Waals surface area (Å²) in [4.78, 5) is 16.9. The Morgan fingerprint density at radius 2 is 2.07 bits per heavy atom. The molecular formula is C21H18N2O3S. The fourth-order valence-corrected chi connectivity index (χ4v) is 3.53. The number of benzene rings is 2. The Morgan fingerprint density at radius 1 is 1.22 bits per heavy atom. The van der Waals surface area contributed by atoms with E-state index in [-0.39, 0.29) is 5.91 Å². The highest BCUT2D eigenvalue weighted by Gasteiger charge is 2.15. The zero-order valence-corrected chi connectivity index (χ0v) is 15.8. The van der Waals surface area contributed by atoms with Crippen molar-refractivity contribution < 1.29 is 13.9 Å². The summed E-state index contributed by atoms with van der Waals surface area (Å²) in [6, 6.07) is 15.2. The summed E-state index contributed by atoms with van der Waals surface area (Å²) < 4.78 is 11.6. The van der Waals surface area contributed by atoms with Crippen LogP contribution in [0.15, 0.2) is 58.3 Å². The van der Waals surface area contributed by atoms with Crippen LogP contribution in [-0.2, 0) is 0 Å². The van der Waals surface area contributed by atoms with Crippen LogP contribution in [0.2, 0.25) is 0 Å². The van der Waals surface area contributed by atoms with Crippen molar-refractivity contribution in [1.29, 1.82) is 0 Å². The van der Waals surface area contributed by atoms with Gasteiger partial charge in [0.25, 0.3) is 5.91 Å². The van der Waals surface area contributed by atoms with Gasteiger partial charge in [-0.3, -0.25) is 10.1 Å². The van der Waals surface area contributed by atoms with Crippen molar-refractivity contribution in [2.75, 3.05) is 11.9 Å². The van der Waals surface area contributed by atoms with Crippen molar-refractivity contribution in [2.24, 2.45) is 0 Å². The maximum atomic E-state index is 12.4. The van der Waals surface area contributed by atoms with Crippen molar-refractivity contribution in [1.82, 2.24) is 4.98 Å². The number of carbonyl (C=O) groups is 1. The molecule has 0 saturated carbocycles. The molecule has 1 amide bonds. The summed E-state index contributed by atoms with van der Waals surface area (Å²) in [5.41, 5.74) is 3.03. The molecule has 0 saturated heterocycles. The van der Waals surface area contributed by atoms with Gasteiger partial charge in [-0.1, -0.05) is 29.8 Å². The highest BCUT2D eigenvalue weighted by molar-refractivity contribution is 7.14. The monoisotopic (exact) mass is 378 g/mol. The van der Waals surface area contributed by atoms with Gasteiger partial charge in [-0.25, -0.2) is 4.98 Å². The summed E-state index contributed by atoms with van der Waals surface area (Å²) in [6.45, 7) is 4.46. The van der Waals surface area contributed by atoms with Crippen molar-refractivity contribution in [3.63, 3.8) is 0 Å². The SMILES string of the molecule is CCOc1cccc2cc(-c3csc(NC(=O)c4cccc(C)c4)n3)oc12. The van der Waals surface area contributed by atoms with Crippen molar-refractivity contribution in [3.05, 3.63) is 65.0 Å². The molecule has 2 aromatic carbocycles. The first-order chi connectivity index (χ1) is 13.1. The van der Waals surface area contributed by atoms with Crippen LogP contribution in [0, 0.1) is 6.92 Å². The molecule has 0 aliphatic carbocycles. The number of nitrogens with zero attached hydrogens (tertiary/aromatic N) is 1. The molecule has 2 aromatic heterocycles. The number of carbonyl (C=O) groups excluding carboxylic acids is 1. The lowest BCUT2D eigenvalue weighted by atomic mass is 10.1. The Labute approximate surface area is 160 Å². The number of para-hydroxylation sites is 1. The fourth-order valence-electron chi connectivity index (χ4n) is 2.83. The smallest absolute Gasteiger partial charge is 0.257 e. The second-order valence-electron chi connectivity index (χ2n) is 6.08. The first-order valence-electron chi connectivity index (χ1n) is 8.63. The van der Waals surface area contributed by atoms with Crippen LogP contribution in [0.1, 0.15) is 22.8 Å². The van der Waals surface area contributed by atoms with Gasteiger partial charge >= 0.3 is 0 Å². The number of ether oxygens (including phenoxy) is 1. The Kier molecular flexibility index (Phi) is 4.64. The van der Waals surface area contributed by atoms with Gasteiger partial charge in [0.15, 0.2) is 22.2 Å². The van der Waals surface area contributed by atoms with Gasteiger partial charge in [-0.2, -0.15) is 0 Å². The molecule has 0 aliphatic heterocycles. The molecule has 0 fully saturated rings. The number of amides is 1. The number of thiazole rings is 1. The normalized spacial score (nSPS) is 10.9. The van der Waals surface area contributed by atoms with Crippen molar-refractivity contribution >= 4 is 33.3 Å². The molecule has 0 aliphatic rings. The predicted octanol–water partition coefficient (Wildman–Crippen LogP) is 5.52. The standard InChI is InChI=1S/C21H18N2O3S/c1-3-25-17-9-5-7-14-11-18(26-19(14)17)16-12-27-21(22-16)23-20(24)15-8-4-6-13(2)10-15/h4-12H,3H2,1-2H3,(H,22,23,24). The van der Waals surface area contributed by atoms with Crippen LogP contribution < -0.4 is 10.1 Å². The van der Waals surface area contributed by atoms with Crippen LogP contribution in [0.4, 0.5) is 5.13 Å². The molecule has 136 valence electrons. The molecule has 1 N–H and O–H groups in total. The first-order valence-corrected chi connectivity index (χ1v) is 9.51. The molecule has 4 aromatic rings. The van der Waals surface area contributed by atoms with E-state index in [0.717, 1.165) is 10.9 Å². The molecule has 0 radical (unpaired) electrons. The van der Waals surface area contributed by atoms with E-state index in [2.05, 4.69) is 10.3 Å². The van der Waals surface area contributed by atoms with Gasteiger partial charge in [-0.15, -0.1) is 11.3 Å². The van der Waals surface area contributed by atoms with Gasteiger partial charge in [0.05, 0.1) is 6.61 Å². The maximum Gasteiger partial charge on any atom is 0.257 e. The minimum atomic E-state index is -0.178. The highest BCUT2D eigenvalue weighted by Crippen LogP contribution is 2.34. The number of aromatic nitrogens is 1. The van der Waals surface area contributed by atoms with Gasteiger partial charge in [0.2, 0.25) is 0 Å². The van der Waals surface area contributed by atoms with Crippen molar-refractivity contribution in [2.45, 2.75) is 13.8 Å². The second-order valence-corrected chi connectivity index (χ2v) is 6.94. The number of hydrogen-bond acceptors (Lipinski definition) is 5. The largest absolute Gasteiger partial charge is 0.490 e. The van der Waals surface area contributed by atoms with Crippen LogP contribution in [-0.4, -0.2) is 17.5 Å². The van der Waals surface area contributed by atoms with Gasteiger partial charge in [0, 0.05) is 16.3 Å². The molecule has 0 unspecified atom stereocenters. The summed E-state index contributed by atoms with van der Waals surface area (Å²) in [5.74, 6) is 1.18. The molecule has 27 heavy (non-hydrogen) atoms. The summed E-state index contributed by atoms with van der Waals surface area (Å²) in [7, 11) is 0. The highest BCUT2D eigenvalue weighted by atomic mass is 32.1. The average molecular weight is 378 g/mol. The van der Waals surface area contributed by atoms with E-state index < -0.39 is 0 Å². The lowest BCUT2D eigenvalue weighted by Gasteiger charge is -2.02. The van der Waals surface area contributed by atoms with Gasteiger partial charge in [-0.05, 0) is 38.1 Å². The molecule has 4 rings (SSSR count). The van der Waals surface area contributed by atoms with E-state index >= 15 is 0 Å². The van der Waals surface area contributed by atoms with E-state index in [9.17, 15) is 4.79 Å². The average Bonchev–Trinajstić information content (AvgIpc) is 3.29. The summed E-state index contributed by atoms with van der Waals surface area (Å²) in [5, 5.41) is 6.19. The predicted molar refractivity (Wildman–Crippen MR) is 108 cm³/mol. The number of aryl methyl sites for hydroxylation is 1. The molecule has 6 heteroatoms. The number of anilines is 1. The lowest BCUT2D eigenvalue weighted by molar-refractivity contribution is 0.102. The van der Waals surface area contributed by atoms with Crippen LogP contribution in [0.25, 0.3) is 22.4 Å². The first kappa shape index (κ1) is 17.3. The Bertz CT molecular complexity index is 1110. The third kappa shape index (κ3) is 3.57. The van der Waals surface area contributed by atoms with E-state index in [1.165, 1.54) is 11.3 Å². The zero-order valence-electron chi connectivity index (χ0n) is 15.0. The van der Waals surface area contributed by atoms with Crippen LogP contribution in [0.5, 0.6) is 5.75 Å². The second kappa shape index (κ2) is 7.25. The number of rotatable bonds is 5. The fraction of sp³-hybridized carbons (Fsp3) is 0.143. The third-order valence-electron chi connectivity index (χ3n) is 4.07. The van der Waals surface area contributed by atoms with Crippen LogP contribution >= 0.6 is 11.3 Å². The number of furan rings is 1. The number of nitrogens with one attached hydrogen (secondary N) is 1. The number of hydrogen-bond donors (Lipinski definition) is 1. The van der Waals surface area contributed by atoms with Gasteiger partial charge in [0.1, 0.15) is 5.69 Å². The molecule has 2 heterocycles. The van der Waals surface area contributed by atoms with Gasteiger partial charge < -0.3 is 9.15 Å². The zero-order chi connectivity index (χ0) is 18.8. The van der Waals surface area contributed by atoms with E-state index in [1.807, 2.05) is 61.7 Å². The minimum Gasteiger partial charge on any atom is -0.490 e. The molecule has 0 spiro atoms. The van der Waals surface area contributed by atoms with E-state index in [4.69, 9.17) is 9.15 Å². The minimum absolute atomic E-state index is 0.178. The molecule has 0 bridgehead atoms. The van der Waals surface area contributed by atoms with Crippen molar-refractivity contribution in [3.8, 4) is 17.2 Å². The summed E-state index contributed by atoms with van der Waals surface area (Å²) in [6.07, 6.45) is 0. The lowest BCUT2D eigenvalue weighted by Crippen LogP contribution is -2.11.